The lowest BCUT2D eigenvalue weighted by Crippen LogP contribution is -2.48. The van der Waals surface area contributed by atoms with Crippen molar-refractivity contribution in [3.8, 4) is 0 Å². The van der Waals surface area contributed by atoms with E-state index in [2.05, 4.69) is 10.2 Å². The number of piperazine rings is 1. The minimum absolute atomic E-state index is 0.146. The van der Waals surface area contributed by atoms with Crippen LogP contribution in [0.1, 0.15) is 21.5 Å². The summed E-state index contributed by atoms with van der Waals surface area (Å²) in [6, 6.07) is 28.5. The topological polar surface area (TPSA) is 69.7 Å². The first kappa shape index (κ1) is 24.2. The number of carbonyl (C=O) groups excluding carboxylic acids is 1. The number of rotatable bonds is 6. The predicted molar refractivity (Wildman–Crippen MR) is 144 cm³/mol. The van der Waals surface area contributed by atoms with Gasteiger partial charge < -0.3 is 5.32 Å². The van der Waals surface area contributed by atoms with Gasteiger partial charge in [0.05, 0.1) is 4.90 Å². The summed E-state index contributed by atoms with van der Waals surface area (Å²) < 4.78 is 27.4. The van der Waals surface area contributed by atoms with Crippen molar-refractivity contribution in [2.75, 3.05) is 31.5 Å². The van der Waals surface area contributed by atoms with Crippen LogP contribution in [0.3, 0.4) is 0 Å². The maximum atomic E-state index is 12.9. The Balaban J connectivity index is 1.18. The quantitative estimate of drug-likeness (QED) is 0.409. The number of hydrogen-bond acceptors (Lipinski definition) is 4. The molecule has 1 amide bonds. The summed E-state index contributed by atoms with van der Waals surface area (Å²) in [7, 11) is -3.47. The molecule has 5 rings (SSSR count). The smallest absolute Gasteiger partial charge is 0.255 e. The first-order chi connectivity index (χ1) is 17.4. The Hall–Kier alpha value is -3.52. The fourth-order valence-corrected chi connectivity index (χ4v) is 5.96. The summed E-state index contributed by atoms with van der Waals surface area (Å²) in [4.78, 5) is 15.4. The van der Waals surface area contributed by atoms with Gasteiger partial charge in [0.2, 0.25) is 10.0 Å². The molecule has 0 bridgehead atoms. The van der Waals surface area contributed by atoms with Gasteiger partial charge in [-0.2, -0.15) is 4.31 Å². The molecule has 0 aliphatic carbocycles. The second-order valence-corrected chi connectivity index (χ2v) is 11.1. The number of benzene rings is 4. The van der Waals surface area contributed by atoms with Crippen LogP contribution in [-0.4, -0.2) is 49.7 Å². The van der Waals surface area contributed by atoms with Gasteiger partial charge in [0.1, 0.15) is 0 Å². The van der Waals surface area contributed by atoms with Crippen molar-refractivity contribution in [2.45, 2.75) is 18.4 Å². The second kappa shape index (κ2) is 10.2. The molecular weight excluding hydrogens is 470 g/mol. The van der Waals surface area contributed by atoms with Crippen molar-refractivity contribution < 1.29 is 13.2 Å². The molecule has 1 aliphatic heterocycles. The number of amides is 1. The number of aryl methyl sites for hydroxylation is 1. The highest BCUT2D eigenvalue weighted by Gasteiger charge is 2.28. The molecule has 1 saturated heterocycles. The first-order valence-corrected chi connectivity index (χ1v) is 13.5. The molecule has 1 N–H and O–H groups in total. The van der Waals surface area contributed by atoms with E-state index in [0.29, 0.717) is 43.2 Å². The Labute approximate surface area is 212 Å². The van der Waals surface area contributed by atoms with Gasteiger partial charge in [-0.1, -0.05) is 66.2 Å². The van der Waals surface area contributed by atoms with Gasteiger partial charge in [0.25, 0.3) is 5.91 Å². The van der Waals surface area contributed by atoms with Crippen molar-refractivity contribution >= 4 is 32.4 Å². The normalized spacial score (nSPS) is 15.1. The molecule has 6 nitrogen and oxygen atoms in total. The van der Waals surface area contributed by atoms with E-state index in [1.165, 1.54) is 0 Å². The average molecular weight is 500 g/mol. The predicted octanol–water partition coefficient (Wildman–Crippen LogP) is 4.91. The average Bonchev–Trinajstić information content (AvgIpc) is 2.90. The molecule has 1 aliphatic rings. The molecule has 1 heterocycles. The van der Waals surface area contributed by atoms with E-state index in [1.807, 2.05) is 85.8 Å². The summed E-state index contributed by atoms with van der Waals surface area (Å²) in [5, 5.41) is 5.11. The third-order valence-electron chi connectivity index (χ3n) is 6.65. The number of fused-ring (bicyclic) bond motifs is 1. The maximum Gasteiger partial charge on any atom is 0.255 e. The third-order valence-corrected chi connectivity index (χ3v) is 8.56. The summed E-state index contributed by atoms with van der Waals surface area (Å²) in [6.07, 6.45) is 0. The standard InChI is InChI=1S/C29H29N3O3S/c1-22-9-15-26(16-10-22)36(34,35)32-19-17-31(18-20-32)21-23-11-13-25(14-12-23)29(33)30-28-8-4-6-24-5-2-3-7-27(24)28/h2-16H,17-21H2,1H3,(H,30,33). The zero-order valence-electron chi connectivity index (χ0n) is 20.2. The molecule has 0 atom stereocenters. The van der Waals surface area contributed by atoms with Crippen LogP contribution in [0, 0.1) is 6.92 Å². The van der Waals surface area contributed by atoms with Crippen LogP contribution >= 0.6 is 0 Å². The molecule has 0 spiro atoms. The molecule has 4 aromatic rings. The number of hydrogen-bond donors (Lipinski definition) is 1. The summed E-state index contributed by atoms with van der Waals surface area (Å²) in [5.74, 6) is -0.146. The molecule has 4 aromatic carbocycles. The lowest BCUT2D eigenvalue weighted by Gasteiger charge is -2.34. The highest BCUT2D eigenvalue weighted by Crippen LogP contribution is 2.24. The number of nitrogens with one attached hydrogen (secondary N) is 1. The van der Waals surface area contributed by atoms with Crippen molar-refractivity contribution in [1.29, 1.82) is 0 Å². The van der Waals surface area contributed by atoms with Crippen molar-refractivity contribution in [2.24, 2.45) is 0 Å². The van der Waals surface area contributed by atoms with Crippen LogP contribution in [-0.2, 0) is 16.6 Å². The molecule has 0 saturated carbocycles. The monoisotopic (exact) mass is 499 g/mol. The van der Waals surface area contributed by atoms with Gasteiger partial charge in [-0.05, 0) is 48.2 Å². The van der Waals surface area contributed by atoms with Gasteiger partial charge in [0, 0.05) is 49.4 Å². The number of anilines is 1. The highest BCUT2D eigenvalue weighted by atomic mass is 32.2. The largest absolute Gasteiger partial charge is 0.321 e. The van der Waals surface area contributed by atoms with Crippen LogP contribution < -0.4 is 5.32 Å². The van der Waals surface area contributed by atoms with Crippen LogP contribution in [0.5, 0.6) is 0 Å². The Morgan fingerprint density at radius 1 is 0.806 bits per heavy atom. The van der Waals surface area contributed by atoms with Crippen LogP contribution in [0.4, 0.5) is 5.69 Å². The van der Waals surface area contributed by atoms with Gasteiger partial charge in [-0.15, -0.1) is 0 Å². The highest BCUT2D eigenvalue weighted by molar-refractivity contribution is 7.89. The van der Waals surface area contributed by atoms with Gasteiger partial charge >= 0.3 is 0 Å². The lowest BCUT2D eigenvalue weighted by molar-refractivity contribution is 0.102. The third kappa shape index (κ3) is 5.18. The van der Waals surface area contributed by atoms with Gasteiger partial charge in [0.15, 0.2) is 0 Å². The van der Waals surface area contributed by atoms with E-state index in [0.717, 1.165) is 27.6 Å². The van der Waals surface area contributed by atoms with Crippen LogP contribution in [0.25, 0.3) is 10.8 Å². The number of sulfonamides is 1. The van der Waals surface area contributed by atoms with Crippen molar-refractivity contribution in [3.05, 3.63) is 108 Å². The van der Waals surface area contributed by atoms with E-state index in [1.54, 1.807) is 16.4 Å². The summed E-state index contributed by atoms with van der Waals surface area (Å²) in [6.45, 7) is 4.90. The minimum Gasteiger partial charge on any atom is -0.321 e. The van der Waals surface area contributed by atoms with Crippen molar-refractivity contribution in [1.82, 2.24) is 9.21 Å². The van der Waals surface area contributed by atoms with Crippen molar-refractivity contribution in [3.63, 3.8) is 0 Å². The Bertz CT molecular complexity index is 1470. The number of carbonyl (C=O) groups is 1. The number of nitrogens with zero attached hydrogens (tertiary/aromatic N) is 2. The fourth-order valence-electron chi connectivity index (χ4n) is 4.54. The maximum absolute atomic E-state index is 12.9. The van der Waals surface area contributed by atoms with Gasteiger partial charge in [-0.3, -0.25) is 9.69 Å². The molecule has 1 fully saturated rings. The molecule has 0 unspecified atom stereocenters. The lowest BCUT2D eigenvalue weighted by atomic mass is 10.1. The van der Waals surface area contributed by atoms with E-state index in [-0.39, 0.29) is 5.91 Å². The zero-order valence-corrected chi connectivity index (χ0v) is 21.0. The van der Waals surface area contributed by atoms with E-state index in [9.17, 15) is 13.2 Å². The first-order valence-electron chi connectivity index (χ1n) is 12.1. The molecule has 36 heavy (non-hydrogen) atoms. The Morgan fingerprint density at radius 3 is 2.19 bits per heavy atom. The zero-order chi connectivity index (χ0) is 25.1. The van der Waals surface area contributed by atoms with Crippen LogP contribution in [0.15, 0.2) is 95.9 Å². The fraction of sp³-hybridized carbons (Fsp3) is 0.207. The van der Waals surface area contributed by atoms with Crippen LogP contribution in [0.2, 0.25) is 0 Å². The van der Waals surface area contributed by atoms with E-state index >= 15 is 0 Å². The molecule has 184 valence electrons. The SMILES string of the molecule is Cc1ccc(S(=O)(=O)N2CCN(Cc3ccc(C(=O)Nc4cccc5ccccc45)cc3)CC2)cc1. The molecule has 0 aromatic heterocycles. The van der Waals surface area contributed by atoms with Gasteiger partial charge in [-0.25, -0.2) is 8.42 Å². The molecule has 7 heteroatoms. The Kier molecular flexibility index (Phi) is 6.87. The minimum atomic E-state index is -3.47. The van der Waals surface area contributed by atoms with E-state index in [4.69, 9.17) is 0 Å². The molecular formula is C29H29N3O3S. The second-order valence-electron chi connectivity index (χ2n) is 9.17. The van der Waals surface area contributed by atoms with E-state index < -0.39 is 10.0 Å². The molecule has 0 radical (unpaired) electrons. The Morgan fingerprint density at radius 2 is 1.47 bits per heavy atom. The summed E-state index contributed by atoms with van der Waals surface area (Å²) in [5.41, 5.74) is 3.52. The summed E-state index contributed by atoms with van der Waals surface area (Å²) >= 11 is 0.